The van der Waals surface area contributed by atoms with Gasteiger partial charge in [0.05, 0.1) is 5.57 Å². The third kappa shape index (κ3) is 4.51. The van der Waals surface area contributed by atoms with E-state index in [1.807, 2.05) is 4.90 Å². The zero-order valence-corrected chi connectivity index (χ0v) is 11.3. The molecule has 0 radical (unpaired) electrons. The predicted molar refractivity (Wildman–Crippen MR) is 72.0 cm³/mol. The molecule has 2 nitrogen and oxygen atoms in total. The Labute approximate surface area is 112 Å². The van der Waals surface area contributed by atoms with Gasteiger partial charge >= 0.3 is 6.18 Å². The fraction of sp³-hybridized carbons (Fsp3) is 0.571. The summed E-state index contributed by atoms with van der Waals surface area (Å²) >= 11 is 0. The zero-order valence-electron chi connectivity index (χ0n) is 11.3. The SMILES string of the molecule is C=CC(CN1CCN(CC)CC1)=C(C=C)C(F)(F)F. The van der Waals surface area contributed by atoms with E-state index in [0.717, 1.165) is 38.8 Å². The highest BCUT2D eigenvalue weighted by atomic mass is 19.4. The van der Waals surface area contributed by atoms with Gasteiger partial charge in [-0.15, -0.1) is 0 Å². The Morgan fingerprint density at radius 2 is 1.58 bits per heavy atom. The summed E-state index contributed by atoms with van der Waals surface area (Å²) in [5, 5.41) is 0. The average molecular weight is 274 g/mol. The van der Waals surface area contributed by atoms with E-state index in [2.05, 4.69) is 25.0 Å². The molecule has 19 heavy (non-hydrogen) atoms. The van der Waals surface area contributed by atoms with Gasteiger partial charge in [-0.1, -0.05) is 32.2 Å². The molecule has 0 N–H and O–H groups in total. The molecular weight excluding hydrogens is 253 g/mol. The molecule has 108 valence electrons. The molecule has 0 aromatic rings. The van der Waals surface area contributed by atoms with Crippen LogP contribution in [-0.4, -0.2) is 55.2 Å². The number of hydrogen-bond donors (Lipinski definition) is 0. The Morgan fingerprint density at radius 3 is 1.95 bits per heavy atom. The normalized spacial score (nSPS) is 20.0. The molecule has 0 aromatic carbocycles. The molecule has 1 aliphatic rings. The van der Waals surface area contributed by atoms with Crippen LogP contribution in [0.4, 0.5) is 13.2 Å². The molecule has 0 amide bonds. The van der Waals surface area contributed by atoms with Crippen LogP contribution in [0.15, 0.2) is 36.5 Å². The molecule has 1 saturated heterocycles. The molecular formula is C14H21F3N2. The Kier molecular flexibility index (Phi) is 5.82. The fourth-order valence-corrected chi connectivity index (χ4v) is 2.19. The highest BCUT2D eigenvalue weighted by molar-refractivity contribution is 5.35. The fourth-order valence-electron chi connectivity index (χ4n) is 2.19. The molecule has 0 unspecified atom stereocenters. The largest absolute Gasteiger partial charge is 0.416 e. The first-order valence-corrected chi connectivity index (χ1v) is 6.42. The molecule has 1 rings (SSSR count). The number of alkyl halides is 3. The van der Waals surface area contributed by atoms with E-state index in [4.69, 9.17) is 0 Å². The van der Waals surface area contributed by atoms with Crippen molar-refractivity contribution in [1.29, 1.82) is 0 Å². The molecule has 1 aliphatic heterocycles. The first-order chi connectivity index (χ1) is 8.92. The van der Waals surface area contributed by atoms with Crippen molar-refractivity contribution in [2.45, 2.75) is 13.1 Å². The van der Waals surface area contributed by atoms with Crippen LogP contribution in [0.5, 0.6) is 0 Å². The van der Waals surface area contributed by atoms with Gasteiger partial charge in [-0.2, -0.15) is 13.2 Å². The smallest absolute Gasteiger partial charge is 0.301 e. The summed E-state index contributed by atoms with van der Waals surface area (Å²) in [4.78, 5) is 4.31. The van der Waals surface area contributed by atoms with Crippen molar-refractivity contribution in [2.75, 3.05) is 39.3 Å². The lowest BCUT2D eigenvalue weighted by Gasteiger charge is -2.34. The minimum atomic E-state index is -4.36. The number of piperazine rings is 1. The number of halogens is 3. The lowest BCUT2D eigenvalue weighted by atomic mass is 10.1. The quantitative estimate of drug-likeness (QED) is 0.711. The second-order valence-corrected chi connectivity index (χ2v) is 4.56. The van der Waals surface area contributed by atoms with Gasteiger partial charge in [-0.05, 0) is 12.1 Å². The second-order valence-electron chi connectivity index (χ2n) is 4.56. The van der Waals surface area contributed by atoms with Crippen molar-refractivity contribution < 1.29 is 13.2 Å². The third-order valence-electron chi connectivity index (χ3n) is 3.41. The summed E-state index contributed by atoms with van der Waals surface area (Å²) in [5.41, 5.74) is -0.479. The number of likely N-dealkylation sites (N-methyl/N-ethyl adjacent to an activating group) is 1. The summed E-state index contributed by atoms with van der Waals surface area (Å²) in [6.07, 6.45) is -2.20. The number of hydrogen-bond acceptors (Lipinski definition) is 2. The molecule has 0 bridgehead atoms. The maximum Gasteiger partial charge on any atom is 0.416 e. The van der Waals surface area contributed by atoms with Gasteiger partial charge in [0.15, 0.2) is 0 Å². The topological polar surface area (TPSA) is 6.48 Å². The molecule has 0 saturated carbocycles. The van der Waals surface area contributed by atoms with Crippen LogP contribution < -0.4 is 0 Å². The molecule has 0 aromatic heterocycles. The van der Waals surface area contributed by atoms with Crippen LogP contribution in [0.25, 0.3) is 0 Å². The summed E-state index contributed by atoms with van der Waals surface area (Å²) in [6.45, 7) is 13.5. The lowest BCUT2D eigenvalue weighted by Crippen LogP contribution is -2.46. The minimum absolute atomic E-state index is 0.201. The van der Waals surface area contributed by atoms with Gasteiger partial charge in [0.1, 0.15) is 0 Å². The van der Waals surface area contributed by atoms with E-state index in [0.29, 0.717) is 0 Å². The Hall–Kier alpha value is -1.07. The van der Waals surface area contributed by atoms with E-state index in [9.17, 15) is 13.2 Å². The Morgan fingerprint density at radius 1 is 1.05 bits per heavy atom. The molecule has 0 spiro atoms. The number of rotatable bonds is 5. The maximum absolute atomic E-state index is 12.8. The van der Waals surface area contributed by atoms with E-state index in [-0.39, 0.29) is 12.1 Å². The van der Waals surface area contributed by atoms with Crippen LogP contribution in [-0.2, 0) is 0 Å². The van der Waals surface area contributed by atoms with Crippen molar-refractivity contribution in [2.24, 2.45) is 0 Å². The molecule has 0 atom stereocenters. The van der Waals surface area contributed by atoms with Crippen molar-refractivity contribution in [3.63, 3.8) is 0 Å². The van der Waals surface area contributed by atoms with Gasteiger partial charge in [-0.3, -0.25) is 4.90 Å². The van der Waals surface area contributed by atoms with E-state index in [1.165, 1.54) is 6.08 Å². The second kappa shape index (κ2) is 6.91. The van der Waals surface area contributed by atoms with Crippen LogP contribution in [0, 0.1) is 0 Å². The number of allylic oxidation sites excluding steroid dienone is 2. The van der Waals surface area contributed by atoms with Crippen LogP contribution in [0.3, 0.4) is 0 Å². The van der Waals surface area contributed by atoms with E-state index in [1.54, 1.807) is 0 Å². The van der Waals surface area contributed by atoms with Crippen LogP contribution in [0.2, 0.25) is 0 Å². The standard InChI is InChI=1S/C14H21F3N2/c1-4-12(13(5-2)14(15,16)17)11-19-9-7-18(6-3)8-10-19/h4-5H,1-2,6-11H2,3H3. The lowest BCUT2D eigenvalue weighted by molar-refractivity contribution is -0.0890. The summed E-state index contributed by atoms with van der Waals surface area (Å²) in [6, 6.07) is 0. The van der Waals surface area contributed by atoms with Gasteiger partial charge in [0, 0.05) is 32.7 Å². The Bertz CT molecular complexity index is 350. The Balaban J connectivity index is 2.75. The van der Waals surface area contributed by atoms with E-state index >= 15 is 0 Å². The van der Waals surface area contributed by atoms with Crippen molar-refractivity contribution in [1.82, 2.24) is 9.80 Å². The van der Waals surface area contributed by atoms with Crippen LogP contribution in [0.1, 0.15) is 6.92 Å². The molecule has 1 fully saturated rings. The highest BCUT2D eigenvalue weighted by Gasteiger charge is 2.33. The highest BCUT2D eigenvalue weighted by Crippen LogP contribution is 2.29. The molecule has 5 heteroatoms. The van der Waals surface area contributed by atoms with Gasteiger partial charge in [0.25, 0.3) is 0 Å². The van der Waals surface area contributed by atoms with Crippen molar-refractivity contribution >= 4 is 0 Å². The van der Waals surface area contributed by atoms with Gasteiger partial charge in [0.2, 0.25) is 0 Å². The van der Waals surface area contributed by atoms with E-state index < -0.39 is 11.7 Å². The maximum atomic E-state index is 12.8. The summed E-state index contributed by atoms with van der Waals surface area (Å²) in [7, 11) is 0. The first kappa shape index (κ1) is 16.0. The monoisotopic (exact) mass is 274 g/mol. The molecule has 1 heterocycles. The van der Waals surface area contributed by atoms with Crippen molar-refractivity contribution in [3.8, 4) is 0 Å². The first-order valence-electron chi connectivity index (χ1n) is 6.42. The van der Waals surface area contributed by atoms with Gasteiger partial charge in [-0.25, -0.2) is 0 Å². The average Bonchev–Trinajstić information content (AvgIpc) is 2.37. The third-order valence-corrected chi connectivity index (χ3v) is 3.41. The van der Waals surface area contributed by atoms with Crippen LogP contribution >= 0.6 is 0 Å². The minimum Gasteiger partial charge on any atom is -0.301 e. The van der Waals surface area contributed by atoms with Gasteiger partial charge < -0.3 is 4.90 Å². The molecule has 0 aliphatic carbocycles. The van der Waals surface area contributed by atoms with Crippen molar-refractivity contribution in [3.05, 3.63) is 36.5 Å². The summed E-state index contributed by atoms with van der Waals surface area (Å²) in [5.74, 6) is 0. The summed E-state index contributed by atoms with van der Waals surface area (Å²) < 4.78 is 38.5. The zero-order chi connectivity index (χ0) is 14.5. The predicted octanol–water partition coefficient (Wildman–Crippen LogP) is 2.85. The number of nitrogens with zero attached hydrogens (tertiary/aromatic N) is 2.